The smallest absolute Gasteiger partial charge is 0.247 e. The van der Waals surface area contributed by atoms with E-state index in [1.165, 1.54) is 17.7 Å². The average molecular weight is 337 g/mol. The molecular weight excluding hydrogens is 317 g/mol. The van der Waals surface area contributed by atoms with E-state index in [0.717, 1.165) is 12.0 Å². The molecule has 0 unspecified atom stereocenters. The van der Waals surface area contributed by atoms with Gasteiger partial charge in [0, 0.05) is 20.1 Å². The Bertz CT molecular complexity index is 792. The van der Waals surface area contributed by atoms with Crippen LogP contribution in [0.1, 0.15) is 11.1 Å². The lowest BCUT2D eigenvalue weighted by atomic mass is 10.1. The maximum atomic E-state index is 12.9. The molecule has 0 radical (unpaired) electrons. The van der Waals surface area contributed by atoms with E-state index < -0.39 is 0 Å². The van der Waals surface area contributed by atoms with Crippen LogP contribution in [0, 0.1) is 5.82 Å². The van der Waals surface area contributed by atoms with Crippen LogP contribution in [0.25, 0.3) is 0 Å². The van der Waals surface area contributed by atoms with Gasteiger partial charge in [-0.2, -0.15) is 10.1 Å². The van der Waals surface area contributed by atoms with Crippen molar-refractivity contribution in [3.05, 3.63) is 77.7 Å². The molecule has 0 aliphatic heterocycles. The monoisotopic (exact) mass is 337 g/mol. The molecule has 3 aromatic rings. The second-order valence-corrected chi connectivity index (χ2v) is 5.79. The van der Waals surface area contributed by atoms with E-state index in [4.69, 9.17) is 0 Å². The molecule has 3 rings (SSSR count). The molecule has 0 spiro atoms. The first-order valence-corrected chi connectivity index (χ1v) is 8.14. The third-order valence-corrected chi connectivity index (χ3v) is 3.78. The third-order valence-electron chi connectivity index (χ3n) is 3.78. The summed E-state index contributed by atoms with van der Waals surface area (Å²) in [7, 11) is 1.94. The van der Waals surface area contributed by atoms with Gasteiger partial charge < -0.3 is 10.2 Å². The van der Waals surface area contributed by atoms with Crippen molar-refractivity contribution < 1.29 is 4.39 Å². The van der Waals surface area contributed by atoms with Gasteiger partial charge in [0.2, 0.25) is 5.95 Å². The van der Waals surface area contributed by atoms with E-state index in [1.54, 1.807) is 18.3 Å². The SMILES string of the molecule is CN(Cc1ccccc1)c1nncc(NCCc2ccc(F)cc2)n1. The fourth-order valence-corrected chi connectivity index (χ4v) is 2.46. The Morgan fingerprint density at radius 1 is 1.00 bits per heavy atom. The molecule has 0 fully saturated rings. The molecule has 25 heavy (non-hydrogen) atoms. The number of hydrogen-bond donors (Lipinski definition) is 1. The summed E-state index contributed by atoms with van der Waals surface area (Å²) < 4.78 is 12.9. The van der Waals surface area contributed by atoms with Crippen LogP contribution in [-0.2, 0) is 13.0 Å². The van der Waals surface area contributed by atoms with E-state index in [9.17, 15) is 4.39 Å². The fraction of sp³-hybridized carbons (Fsp3) is 0.211. The zero-order valence-corrected chi connectivity index (χ0v) is 14.1. The highest BCUT2D eigenvalue weighted by atomic mass is 19.1. The van der Waals surface area contributed by atoms with Crippen molar-refractivity contribution in [3.8, 4) is 0 Å². The number of halogens is 1. The lowest BCUT2D eigenvalue weighted by Gasteiger charge is -2.17. The molecule has 0 aliphatic rings. The van der Waals surface area contributed by atoms with E-state index >= 15 is 0 Å². The van der Waals surface area contributed by atoms with Gasteiger partial charge in [0.05, 0.1) is 6.20 Å². The quantitative estimate of drug-likeness (QED) is 0.717. The normalized spacial score (nSPS) is 10.5. The van der Waals surface area contributed by atoms with Crippen LogP contribution in [0.15, 0.2) is 60.8 Å². The number of anilines is 2. The Morgan fingerprint density at radius 3 is 2.52 bits per heavy atom. The van der Waals surface area contributed by atoms with Gasteiger partial charge in [0.15, 0.2) is 5.82 Å². The van der Waals surface area contributed by atoms with Gasteiger partial charge in [-0.25, -0.2) is 4.39 Å². The average Bonchev–Trinajstić information content (AvgIpc) is 2.64. The first-order chi connectivity index (χ1) is 12.2. The fourth-order valence-electron chi connectivity index (χ4n) is 2.46. The molecule has 0 saturated heterocycles. The molecule has 6 heteroatoms. The zero-order chi connectivity index (χ0) is 17.5. The van der Waals surface area contributed by atoms with E-state index in [0.29, 0.717) is 24.9 Å². The number of nitrogens with zero attached hydrogens (tertiary/aromatic N) is 4. The lowest BCUT2D eigenvalue weighted by Crippen LogP contribution is -2.20. The molecule has 0 saturated carbocycles. The van der Waals surface area contributed by atoms with Crippen molar-refractivity contribution in [2.45, 2.75) is 13.0 Å². The molecular formula is C19H20FN5. The van der Waals surface area contributed by atoms with Gasteiger partial charge in [0.25, 0.3) is 0 Å². The maximum absolute atomic E-state index is 12.9. The summed E-state index contributed by atoms with van der Waals surface area (Å²) in [5.41, 5.74) is 2.25. The lowest BCUT2D eigenvalue weighted by molar-refractivity contribution is 0.627. The predicted octanol–water partition coefficient (Wildman–Crippen LogP) is 3.30. The Labute approximate surface area is 146 Å². The van der Waals surface area contributed by atoms with Gasteiger partial charge in [-0.1, -0.05) is 42.5 Å². The molecule has 1 N–H and O–H groups in total. The summed E-state index contributed by atoms with van der Waals surface area (Å²) in [5.74, 6) is 1.02. The summed E-state index contributed by atoms with van der Waals surface area (Å²) in [5, 5.41) is 11.3. The second-order valence-electron chi connectivity index (χ2n) is 5.79. The molecule has 0 aliphatic carbocycles. The van der Waals surface area contributed by atoms with Gasteiger partial charge in [0.1, 0.15) is 5.82 Å². The largest absolute Gasteiger partial charge is 0.368 e. The van der Waals surface area contributed by atoms with Gasteiger partial charge in [-0.3, -0.25) is 0 Å². The molecule has 0 atom stereocenters. The topological polar surface area (TPSA) is 53.9 Å². The number of hydrogen-bond acceptors (Lipinski definition) is 5. The number of rotatable bonds is 7. The highest BCUT2D eigenvalue weighted by Crippen LogP contribution is 2.12. The zero-order valence-electron chi connectivity index (χ0n) is 14.1. The molecule has 0 bridgehead atoms. The standard InChI is InChI=1S/C19H20FN5/c1-25(14-16-5-3-2-4-6-16)19-23-18(13-22-24-19)21-12-11-15-7-9-17(20)10-8-15/h2-10,13H,11-12,14H2,1H3,(H,21,23,24). The Morgan fingerprint density at radius 2 is 1.76 bits per heavy atom. The van der Waals surface area contributed by atoms with Crippen LogP contribution >= 0.6 is 0 Å². The van der Waals surface area contributed by atoms with E-state index in [2.05, 4.69) is 32.6 Å². The van der Waals surface area contributed by atoms with Gasteiger partial charge in [-0.15, -0.1) is 5.10 Å². The van der Waals surface area contributed by atoms with Crippen LogP contribution < -0.4 is 10.2 Å². The van der Waals surface area contributed by atoms with Crippen molar-refractivity contribution in [2.75, 3.05) is 23.8 Å². The summed E-state index contributed by atoms with van der Waals surface area (Å²) in [6, 6.07) is 16.7. The number of aromatic nitrogens is 3. The van der Waals surface area contributed by atoms with Gasteiger partial charge in [-0.05, 0) is 29.7 Å². The van der Waals surface area contributed by atoms with Gasteiger partial charge >= 0.3 is 0 Å². The summed E-state index contributed by atoms with van der Waals surface area (Å²) >= 11 is 0. The molecule has 1 aromatic heterocycles. The highest BCUT2D eigenvalue weighted by molar-refractivity contribution is 5.39. The van der Waals surface area contributed by atoms with Crippen molar-refractivity contribution in [2.24, 2.45) is 0 Å². The van der Waals surface area contributed by atoms with Crippen molar-refractivity contribution in [1.29, 1.82) is 0 Å². The van der Waals surface area contributed by atoms with Crippen LogP contribution in [0.4, 0.5) is 16.2 Å². The molecule has 0 amide bonds. The van der Waals surface area contributed by atoms with E-state index in [1.807, 2.05) is 30.1 Å². The minimum absolute atomic E-state index is 0.220. The minimum atomic E-state index is -0.220. The third kappa shape index (κ3) is 4.97. The Kier molecular flexibility index (Phi) is 5.51. The molecule has 1 heterocycles. The summed E-state index contributed by atoms with van der Waals surface area (Å²) in [4.78, 5) is 6.45. The second kappa shape index (κ2) is 8.19. The first kappa shape index (κ1) is 16.8. The van der Waals surface area contributed by atoms with Crippen LogP contribution in [0.3, 0.4) is 0 Å². The van der Waals surface area contributed by atoms with E-state index in [-0.39, 0.29) is 5.82 Å². The van der Waals surface area contributed by atoms with Crippen LogP contribution in [0.2, 0.25) is 0 Å². The van der Waals surface area contributed by atoms with Crippen LogP contribution in [-0.4, -0.2) is 28.8 Å². The minimum Gasteiger partial charge on any atom is -0.368 e. The first-order valence-electron chi connectivity index (χ1n) is 8.14. The number of nitrogens with one attached hydrogen (secondary N) is 1. The summed E-state index contributed by atoms with van der Waals surface area (Å²) in [6.45, 7) is 1.40. The van der Waals surface area contributed by atoms with Crippen molar-refractivity contribution in [1.82, 2.24) is 15.2 Å². The Hall–Kier alpha value is -3.02. The Balaban J connectivity index is 1.56. The van der Waals surface area contributed by atoms with Crippen molar-refractivity contribution in [3.63, 3.8) is 0 Å². The number of benzene rings is 2. The maximum Gasteiger partial charge on any atom is 0.247 e. The summed E-state index contributed by atoms with van der Waals surface area (Å²) in [6.07, 6.45) is 2.38. The van der Waals surface area contributed by atoms with Crippen LogP contribution in [0.5, 0.6) is 0 Å². The molecule has 128 valence electrons. The highest BCUT2D eigenvalue weighted by Gasteiger charge is 2.07. The van der Waals surface area contributed by atoms with Crippen molar-refractivity contribution >= 4 is 11.8 Å². The molecule has 5 nitrogen and oxygen atoms in total. The molecule has 2 aromatic carbocycles. The predicted molar refractivity (Wildman–Crippen MR) is 97.0 cm³/mol.